The first kappa shape index (κ1) is 26.2. The summed E-state index contributed by atoms with van der Waals surface area (Å²) < 4.78 is 43.8. The molecule has 0 radical (unpaired) electrons. The van der Waals surface area contributed by atoms with E-state index >= 15 is 4.39 Å². The third kappa shape index (κ3) is 6.57. The first-order chi connectivity index (χ1) is 16.6. The molecule has 1 heterocycles. The van der Waals surface area contributed by atoms with Crippen molar-refractivity contribution < 1.29 is 27.9 Å². The lowest BCUT2D eigenvalue weighted by molar-refractivity contribution is -0.132. The zero-order valence-corrected chi connectivity index (χ0v) is 20.3. The molecule has 3 rings (SSSR count). The van der Waals surface area contributed by atoms with Gasteiger partial charge >= 0.3 is 5.97 Å². The van der Waals surface area contributed by atoms with Gasteiger partial charge in [0, 0.05) is 27.6 Å². The molecule has 3 aromatic rings. The van der Waals surface area contributed by atoms with E-state index in [0.717, 1.165) is 42.4 Å². The predicted molar refractivity (Wildman–Crippen MR) is 131 cm³/mol. The topological polar surface area (TPSA) is 79.3 Å². The zero-order chi connectivity index (χ0) is 25.7. The van der Waals surface area contributed by atoms with Gasteiger partial charge in [-0.1, -0.05) is 32.4 Å². The SMILES string of the molecule is CC(=Cc1c(F)cc(C(=O)Nc2nc(-c3cccc(CCCC(C)C)c3F)cs2)cc1F)C(=O)O. The predicted octanol–water partition coefficient (Wildman–Crippen LogP) is 6.95. The summed E-state index contributed by atoms with van der Waals surface area (Å²) in [7, 11) is 0. The molecule has 0 aliphatic carbocycles. The number of rotatable bonds is 9. The molecule has 0 saturated carbocycles. The van der Waals surface area contributed by atoms with Gasteiger partial charge in [0.1, 0.15) is 17.5 Å². The van der Waals surface area contributed by atoms with Crippen molar-refractivity contribution in [3.8, 4) is 11.3 Å². The maximum atomic E-state index is 15.0. The summed E-state index contributed by atoms with van der Waals surface area (Å²) >= 11 is 1.05. The molecule has 0 fully saturated rings. The van der Waals surface area contributed by atoms with Crippen molar-refractivity contribution in [1.82, 2.24) is 4.98 Å². The molecule has 2 aromatic carbocycles. The molecule has 0 aliphatic rings. The maximum Gasteiger partial charge on any atom is 0.331 e. The van der Waals surface area contributed by atoms with Crippen LogP contribution >= 0.6 is 11.3 Å². The second kappa shape index (κ2) is 11.3. The molecular formula is C26H25F3N2O3S. The van der Waals surface area contributed by atoms with Gasteiger partial charge in [-0.05, 0) is 55.5 Å². The molecule has 0 aliphatic heterocycles. The lowest BCUT2D eigenvalue weighted by Gasteiger charge is -2.08. The highest BCUT2D eigenvalue weighted by Crippen LogP contribution is 2.30. The number of carboxylic acid groups (broad SMARTS) is 1. The third-order valence-electron chi connectivity index (χ3n) is 5.35. The Balaban J connectivity index is 1.77. The lowest BCUT2D eigenvalue weighted by atomic mass is 10.00. The number of carbonyl (C=O) groups is 2. The van der Waals surface area contributed by atoms with E-state index in [9.17, 15) is 18.4 Å². The van der Waals surface area contributed by atoms with Gasteiger partial charge in [-0.25, -0.2) is 22.9 Å². The smallest absolute Gasteiger partial charge is 0.331 e. The second-order valence-electron chi connectivity index (χ2n) is 8.54. The Morgan fingerprint density at radius 2 is 1.86 bits per heavy atom. The first-order valence-electron chi connectivity index (χ1n) is 11.0. The minimum absolute atomic E-state index is 0.140. The Hall–Kier alpha value is -3.46. The normalized spacial score (nSPS) is 11.7. The van der Waals surface area contributed by atoms with Crippen LogP contribution in [0.1, 0.15) is 55.1 Å². The Labute approximate surface area is 205 Å². The molecule has 0 bridgehead atoms. The largest absolute Gasteiger partial charge is 0.478 e. The highest BCUT2D eigenvalue weighted by molar-refractivity contribution is 7.14. The van der Waals surface area contributed by atoms with E-state index in [1.165, 1.54) is 6.92 Å². The second-order valence-corrected chi connectivity index (χ2v) is 9.40. The molecule has 1 aromatic heterocycles. The molecule has 184 valence electrons. The number of hydrogen-bond donors (Lipinski definition) is 2. The number of aliphatic carboxylic acids is 1. The molecule has 1 amide bonds. The Bertz CT molecular complexity index is 1260. The fourth-order valence-corrected chi connectivity index (χ4v) is 4.13. The highest BCUT2D eigenvalue weighted by atomic mass is 32.1. The van der Waals surface area contributed by atoms with Crippen molar-refractivity contribution in [1.29, 1.82) is 0 Å². The fourth-order valence-electron chi connectivity index (χ4n) is 3.43. The summed E-state index contributed by atoms with van der Waals surface area (Å²) in [5.74, 6) is -4.10. The lowest BCUT2D eigenvalue weighted by Crippen LogP contribution is -2.13. The van der Waals surface area contributed by atoms with Crippen LogP contribution in [0.3, 0.4) is 0 Å². The van der Waals surface area contributed by atoms with Gasteiger partial charge in [0.2, 0.25) is 0 Å². The number of aryl methyl sites for hydroxylation is 1. The van der Waals surface area contributed by atoms with Gasteiger partial charge < -0.3 is 5.11 Å². The van der Waals surface area contributed by atoms with Gasteiger partial charge in [-0.3, -0.25) is 10.1 Å². The minimum Gasteiger partial charge on any atom is -0.478 e. The van der Waals surface area contributed by atoms with Gasteiger partial charge in [0.05, 0.1) is 5.69 Å². The molecule has 0 unspecified atom stereocenters. The number of anilines is 1. The van der Waals surface area contributed by atoms with Gasteiger partial charge in [0.25, 0.3) is 5.91 Å². The molecule has 0 atom stereocenters. The zero-order valence-electron chi connectivity index (χ0n) is 19.5. The number of benzene rings is 2. The monoisotopic (exact) mass is 502 g/mol. The van der Waals surface area contributed by atoms with Crippen molar-refractivity contribution in [2.45, 2.75) is 40.0 Å². The molecular weight excluding hydrogens is 477 g/mol. The number of nitrogens with zero attached hydrogens (tertiary/aromatic N) is 1. The van der Waals surface area contributed by atoms with Crippen LogP contribution in [0.15, 0.2) is 41.3 Å². The van der Waals surface area contributed by atoms with Crippen LogP contribution in [0.25, 0.3) is 17.3 Å². The van der Waals surface area contributed by atoms with Crippen LogP contribution in [0.5, 0.6) is 0 Å². The quantitative estimate of drug-likeness (QED) is 0.311. The number of halogens is 3. The number of amides is 1. The summed E-state index contributed by atoms with van der Waals surface area (Å²) in [6, 6.07) is 6.74. The van der Waals surface area contributed by atoms with Crippen molar-refractivity contribution in [2.75, 3.05) is 5.32 Å². The third-order valence-corrected chi connectivity index (χ3v) is 6.10. The fraction of sp³-hybridized carbons (Fsp3) is 0.269. The number of carbonyl (C=O) groups excluding carboxylic acids is 1. The first-order valence-corrected chi connectivity index (χ1v) is 11.9. The Morgan fingerprint density at radius 3 is 2.49 bits per heavy atom. The van der Waals surface area contributed by atoms with Crippen molar-refractivity contribution in [3.05, 3.63) is 75.4 Å². The van der Waals surface area contributed by atoms with Crippen molar-refractivity contribution in [3.63, 3.8) is 0 Å². The van der Waals surface area contributed by atoms with E-state index in [0.29, 0.717) is 29.2 Å². The summed E-state index contributed by atoms with van der Waals surface area (Å²) in [6.45, 7) is 5.44. The summed E-state index contributed by atoms with van der Waals surface area (Å²) in [6.07, 6.45) is 3.33. The molecule has 0 spiro atoms. The van der Waals surface area contributed by atoms with E-state index in [1.54, 1.807) is 23.6 Å². The van der Waals surface area contributed by atoms with E-state index in [4.69, 9.17) is 5.11 Å². The number of aromatic nitrogens is 1. The molecule has 9 heteroatoms. The van der Waals surface area contributed by atoms with Gasteiger partial charge in [0.15, 0.2) is 5.13 Å². The number of hydrogen-bond acceptors (Lipinski definition) is 4. The average Bonchev–Trinajstić information content (AvgIpc) is 3.24. The van der Waals surface area contributed by atoms with E-state index in [1.807, 2.05) is 0 Å². The van der Waals surface area contributed by atoms with Crippen LogP contribution in [-0.4, -0.2) is 22.0 Å². The Kier molecular flexibility index (Phi) is 8.45. The number of carboxylic acids is 1. The van der Waals surface area contributed by atoms with Crippen molar-refractivity contribution >= 4 is 34.4 Å². The van der Waals surface area contributed by atoms with Gasteiger partial charge in [-0.2, -0.15) is 0 Å². The van der Waals surface area contributed by atoms with Gasteiger partial charge in [-0.15, -0.1) is 11.3 Å². The highest BCUT2D eigenvalue weighted by Gasteiger charge is 2.18. The number of nitrogens with one attached hydrogen (secondary N) is 1. The van der Waals surface area contributed by atoms with Crippen LogP contribution in [0.4, 0.5) is 18.3 Å². The van der Waals surface area contributed by atoms with Crippen LogP contribution < -0.4 is 5.32 Å². The van der Waals surface area contributed by atoms with Crippen LogP contribution in [0, 0.1) is 23.4 Å². The summed E-state index contributed by atoms with van der Waals surface area (Å²) in [4.78, 5) is 27.7. The maximum absolute atomic E-state index is 15.0. The summed E-state index contributed by atoms with van der Waals surface area (Å²) in [5.41, 5.74) is 0.134. The number of thiazole rings is 1. The van der Waals surface area contributed by atoms with E-state index < -0.39 is 29.1 Å². The van der Waals surface area contributed by atoms with Crippen LogP contribution in [0.2, 0.25) is 0 Å². The molecule has 0 saturated heterocycles. The minimum atomic E-state index is -1.32. The summed E-state index contributed by atoms with van der Waals surface area (Å²) in [5, 5.41) is 13.1. The Morgan fingerprint density at radius 1 is 1.17 bits per heavy atom. The standard InChI is InChI=1S/C26H25F3N2O3S/c1-14(2)6-4-7-16-8-5-9-18(23(16)29)22-13-35-26(30-22)31-24(32)17-11-20(27)19(21(28)12-17)10-15(3)25(33)34/h5,8-14H,4,6-7H2,1-3H3,(H,33,34)(H,30,31,32). The molecule has 5 nitrogen and oxygen atoms in total. The van der Waals surface area contributed by atoms with Crippen molar-refractivity contribution in [2.24, 2.45) is 5.92 Å². The van der Waals surface area contributed by atoms with E-state index in [-0.39, 0.29) is 22.1 Å². The van der Waals surface area contributed by atoms with Crippen LogP contribution in [-0.2, 0) is 11.2 Å². The molecule has 35 heavy (non-hydrogen) atoms. The van der Waals surface area contributed by atoms with E-state index in [2.05, 4.69) is 24.1 Å². The average molecular weight is 503 g/mol. The molecule has 2 N–H and O–H groups in total.